The maximum Gasteiger partial charge on any atom is 0.318 e. The van der Waals surface area contributed by atoms with E-state index in [2.05, 4.69) is 23.3 Å². The normalized spacial score (nSPS) is 15.4. The highest BCUT2D eigenvalue weighted by Crippen LogP contribution is 2.34. The lowest BCUT2D eigenvalue weighted by Gasteiger charge is -2.37. The lowest BCUT2D eigenvalue weighted by molar-refractivity contribution is -0.135. The van der Waals surface area contributed by atoms with E-state index in [1.54, 1.807) is 17.4 Å². The van der Waals surface area contributed by atoms with E-state index in [9.17, 15) is 9.59 Å². The highest BCUT2D eigenvalue weighted by molar-refractivity contribution is 7.10. The predicted molar refractivity (Wildman–Crippen MR) is 125 cm³/mol. The summed E-state index contributed by atoms with van der Waals surface area (Å²) < 4.78 is 6.06. The van der Waals surface area contributed by atoms with Crippen LogP contribution in [0.15, 0.2) is 48.4 Å². The van der Waals surface area contributed by atoms with Crippen molar-refractivity contribution < 1.29 is 14.3 Å². The summed E-state index contributed by atoms with van der Waals surface area (Å²) >= 11 is 1.72. The fourth-order valence-corrected chi connectivity index (χ4v) is 4.58. The zero-order valence-corrected chi connectivity index (χ0v) is 19.3. The molecule has 0 radical (unpaired) electrons. The van der Waals surface area contributed by atoms with Gasteiger partial charge in [0.2, 0.25) is 5.91 Å². The summed E-state index contributed by atoms with van der Waals surface area (Å²) in [6.45, 7) is 10.9. The second-order valence-electron chi connectivity index (χ2n) is 8.05. The van der Waals surface area contributed by atoms with Gasteiger partial charge in [0.1, 0.15) is 18.9 Å². The summed E-state index contributed by atoms with van der Waals surface area (Å²) in [4.78, 5) is 30.4. The monoisotopic (exact) mass is 441 g/mol. The molecule has 3 amide bonds. The number of rotatable bonds is 8. The van der Waals surface area contributed by atoms with Crippen molar-refractivity contribution in [1.29, 1.82) is 0 Å². The molecule has 0 fully saturated rings. The summed E-state index contributed by atoms with van der Waals surface area (Å²) in [5, 5.41) is 4.92. The molecule has 1 atom stereocenters. The van der Waals surface area contributed by atoms with Gasteiger partial charge in [-0.2, -0.15) is 0 Å². The van der Waals surface area contributed by atoms with Crippen molar-refractivity contribution in [2.75, 3.05) is 26.2 Å². The Bertz CT molecular complexity index is 907. The first kappa shape index (κ1) is 22.9. The second kappa shape index (κ2) is 10.5. The van der Waals surface area contributed by atoms with E-state index in [4.69, 9.17) is 4.74 Å². The number of fused-ring (bicyclic) bond motifs is 1. The van der Waals surface area contributed by atoms with Gasteiger partial charge in [0.25, 0.3) is 0 Å². The molecule has 2 aromatic rings. The molecular formula is C24H31N3O3S. The molecule has 1 aliphatic rings. The maximum atomic E-state index is 13.3. The fourth-order valence-electron chi connectivity index (χ4n) is 3.65. The molecule has 2 heterocycles. The van der Waals surface area contributed by atoms with Crippen molar-refractivity contribution in [1.82, 2.24) is 15.1 Å². The maximum absolute atomic E-state index is 13.3. The Hall–Kier alpha value is -2.80. The fraction of sp³-hybridized carbons (Fsp3) is 0.417. The summed E-state index contributed by atoms with van der Waals surface area (Å²) in [6.07, 6.45) is 2.46. The molecule has 0 spiro atoms. The molecule has 1 aromatic heterocycles. The van der Waals surface area contributed by atoms with Crippen LogP contribution < -0.4 is 10.1 Å². The number of urea groups is 1. The van der Waals surface area contributed by atoms with Crippen LogP contribution in [0.1, 0.15) is 35.9 Å². The molecule has 3 rings (SSSR count). The minimum absolute atomic E-state index is 0.00504. The molecule has 31 heavy (non-hydrogen) atoms. The summed E-state index contributed by atoms with van der Waals surface area (Å²) in [5.74, 6) is 0.694. The number of aryl methyl sites for hydroxylation is 1. The van der Waals surface area contributed by atoms with Crippen LogP contribution >= 0.6 is 11.3 Å². The Balaban J connectivity index is 1.75. The Morgan fingerprint density at radius 3 is 2.74 bits per heavy atom. The van der Waals surface area contributed by atoms with Crippen molar-refractivity contribution in [2.24, 2.45) is 0 Å². The third-order valence-corrected chi connectivity index (χ3v) is 6.22. The van der Waals surface area contributed by atoms with Gasteiger partial charge in [-0.05, 0) is 56.3 Å². The molecule has 1 N–H and O–H groups in total. The average Bonchev–Trinajstić information content (AvgIpc) is 3.21. The average molecular weight is 442 g/mol. The van der Waals surface area contributed by atoms with Crippen LogP contribution in [0.3, 0.4) is 0 Å². The summed E-state index contributed by atoms with van der Waals surface area (Å²) in [6, 6.07) is 9.54. The van der Waals surface area contributed by atoms with Gasteiger partial charge in [0.15, 0.2) is 0 Å². The van der Waals surface area contributed by atoms with Gasteiger partial charge in [-0.3, -0.25) is 4.79 Å². The zero-order chi connectivity index (χ0) is 22.4. The van der Waals surface area contributed by atoms with Crippen molar-refractivity contribution in [3.63, 3.8) is 0 Å². The van der Waals surface area contributed by atoms with Crippen molar-refractivity contribution in [2.45, 2.75) is 39.3 Å². The molecule has 6 nitrogen and oxygen atoms in total. The zero-order valence-electron chi connectivity index (χ0n) is 18.5. The largest absolute Gasteiger partial charge is 0.491 e. The molecule has 0 bridgehead atoms. The molecule has 166 valence electrons. The highest BCUT2D eigenvalue weighted by atomic mass is 32.1. The number of amides is 3. The number of carbonyl (C=O) groups excluding carboxylic acids is 2. The molecule has 7 heteroatoms. The van der Waals surface area contributed by atoms with Crippen LogP contribution in [0.25, 0.3) is 0 Å². The van der Waals surface area contributed by atoms with Crippen molar-refractivity contribution >= 4 is 23.3 Å². The lowest BCUT2D eigenvalue weighted by atomic mass is 10.0. The van der Waals surface area contributed by atoms with Gasteiger partial charge in [-0.25, -0.2) is 4.79 Å². The van der Waals surface area contributed by atoms with E-state index in [-0.39, 0.29) is 30.6 Å². The van der Waals surface area contributed by atoms with E-state index in [1.807, 2.05) is 49.9 Å². The molecule has 0 saturated heterocycles. The molecule has 1 aromatic carbocycles. The van der Waals surface area contributed by atoms with Gasteiger partial charge in [-0.15, -0.1) is 17.9 Å². The van der Waals surface area contributed by atoms with Gasteiger partial charge in [0, 0.05) is 24.0 Å². The summed E-state index contributed by atoms with van der Waals surface area (Å²) in [7, 11) is 0. The van der Waals surface area contributed by atoms with E-state index < -0.39 is 0 Å². The van der Waals surface area contributed by atoms with Crippen LogP contribution in [0.2, 0.25) is 0 Å². The van der Waals surface area contributed by atoms with E-state index in [1.165, 1.54) is 15.3 Å². The minimum Gasteiger partial charge on any atom is -0.491 e. The van der Waals surface area contributed by atoms with E-state index >= 15 is 0 Å². The number of benzene rings is 1. The SMILES string of the molecule is C=CCN(CC(=O)N1CCc2sccc2[C@@H]1COc1ccc(C)cc1)C(=O)NC(C)C. The Kier molecular flexibility index (Phi) is 7.74. The standard InChI is InChI=1S/C24H31N3O3S/c1-5-12-26(24(29)25-17(2)3)15-23(28)27-13-10-22-20(11-14-31-22)21(27)16-30-19-8-6-18(4)7-9-19/h5-9,11,14,17,21H,1,10,12-13,15-16H2,2-4H3,(H,25,29)/t21-/m0/s1. The second-order valence-corrected chi connectivity index (χ2v) is 9.05. The number of carbonyl (C=O) groups is 2. The van der Waals surface area contributed by atoms with Gasteiger partial charge in [0.05, 0.1) is 6.04 Å². The third-order valence-electron chi connectivity index (χ3n) is 5.22. The Morgan fingerprint density at radius 2 is 2.06 bits per heavy atom. The van der Waals surface area contributed by atoms with Gasteiger partial charge >= 0.3 is 6.03 Å². The first-order valence-electron chi connectivity index (χ1n) is 10.6. The van der Waals surface area contributed by atoms with Crippen LogP contribution in [0.5, 0.6) is 5.75 Å². The Morgan fingerprint density at radius 1 is 1.32 bits per heavy atom. The number of hydrogen-bond donors (Lipinski definition) is 1. The third kappa shape index (κ3) is 5.88. The van der Waals surface area contributed by atoms with Crippen LogP contribution in [-0.2, 0) is 11.2 Å². The van der Waals surface area contributed by atoms with Crippen molar-refractivity contribution in [3.8, 4) is 5.75 Å². The molecule has 0 saturated carbocycles. The Labute approximate surface area is 188 Å². The topological polar surface area (TPSA) is 61.9 Å². The summed E-state index contributed by atoms with van der Waals surface area (Å²) in [5.41, 5.74) is 2.31. The van der Waals surface area contributed by atoms with Gasteiger partial charge < -0.3 is 19.9 Å². The molecular weight excluding hydrogens is 410 g/mol. The number of nitrogens with one attached hydrogen (secondary N) is 1. The number of nitrogens with zero attached hydrogens (tertiary/aromatic N) is 2. The predicted octanol–water partition coefficient (Wildman–Crippen LogP) is 4.17. The van der Waals surface area contributed by atoms with Crippen molar-refractivity contribution in [3.05, 3.63) is 64.4 Å². The van der Waals surface area contributed by atoms with E-state index in [0.29, 0.717) is 19.7 Å². The van der Waals surface area contributed by atoms with Crippen LogP contribution in [0.4, 0.5) is 4.79 Å². The van der Waals surface area contributed by atoms with Gasteiger partial charge in [-0.1, -0.05) is 23.8 Å². The first-order chi connectivity index (χ1) is 14.9. The molecule has 1 aliphatic heterocycles. The van der Waals surface area contributed by atoms with E-state index in [0.717, 1.165) is 17.7 Å². The molecule has 0 unspecified atom stereocenters. The smallest absolute Gasteiger partial charge is 0.318 e. The molecule has 0 aliphatic carbocycles. The quantitative estimate of drug-likeness (QED) is 0.626. The number of hydrogen-bond acceptors (Lipinski definition) is 4. The number of thiophene rings is 1. The number of ether oxygens (including phenoxy) is 1. The highest BCUT2D eigenvalue weighted by Gasteiger charge is 2.33. The van der Waals surface area contributed by atoms with Crippen LogP contribution in [0, 0.1) is 6.92 Å². The first-order valence-corrected chi connectivity index (χ1v) is 11.5. The van der Waals surface area contributed by atoms with Crippen LogP contribution in [-0.4, -0.2) is 54.0 Å². The lowest BCUT2D eigenvalue weighted by Crippen LogP contribution is -2.50. The minimum atomic E-state index is -0.260.